The van der Waals surface area contributed by atoms with Crippen LogP contribution in [0.25, 0.3) is 0 Å². The molecule has 6 nitrogen and oxygen atoms in total. The predicted octanol–water partition coefficient (Wildman–Crippen LogP) is 0.700. The number of aliphatic carboxylic acids is 2. The van der Waals surface area contributed by atoms with E-state index < -0.39 is 17.4 Å². The van der Waals surface area contributed by atoms with Gasteiger partial charge in [-0.1, -0.05) is 0 Å². The molecule has 1 aromatic heterocycles. The first-order valence-electron chi connectivity index (χ1n) is 5.16. The highest BCUT2D eigenvalue weighted by Gasteiger charge is 2.52. The molecule has 1 aliphatic rings. The van der Waals surface area contributed by atoms with Crippen molar-refractivity contribution in [1.82, 2.24) is 4.98 Å². The minimum atomic E-state index is -1.88. The van der Waals surface area contributed by atoms with E-state index in [1.165, 1.54) is 0 Å². The molecule has 1 aliphatic carbocycles. The lowest BCUT2D eigenvalue weighted by Crippen LogP contribution is -2.40. The highest BCUT2D eigenvalue weighted by molar-refractivity contribution is 9.10. The number of aromatic nitrogens is 1. The third-order valence-corrected chi connectivity index (χ3v) is 4.10. The van der Waals surface area contributed by atoms with Gasteiger partial charge in [0, 0.05) is 18.4 Å². The first-order valence-corrected chi connectivity index (χ1v) is 5.96. The van der Waals surface area contributed by atoms with E-state index in [4.69, 9.17) is 0 Å². The first kappa shape index (κ1) is 12.8. The normalized spacial score (nSPS) is 16.3. The van der Waals surface area contributed by atoms with Gasteiger partial charge >= 0.3 is 11.9 Å². The fraction of sp³-hybridized carbons (Fsp3) is 0.364. The second kappa shape index (κ2) is 3.94. The SMILES string of the molecule is Cc1c2c(c(Br)[nH]c1=O)CC(C(=O)O)(C(=O)O)C2. The van der Waals surface area contributed by atoms with Crippen LogP contribution in [-0.4, -0.2) is 27.1 Å². The zero-order chi connectivity index (χ0) is 13.7. The van der Waals surface area contributed by atoms with E-state index in [9.17, 15) is 24.6 Å². The molecule has 1 heterocycles. The van der Waals surface area contributed by atoms with Crippen LogP contribution in [0.2, 0.25) is 0 Å². The van der Waals surface area contributed by atoms with Crippen LogP contribution >= 0.6 is 15.9 Å². The fourth-order valence-corrected chi connectivity index (χ4v) is 2.81. The van der Waals surface area contributed by atoms with Gasteiger partial charge in [-0.2, -0.15) is 0 Å². The number of carboxylic acids is 2. The molecule has 18 heavy (non-hydrogen) atoms. The summed E-state index contributed by atoms with van der Waals surface area (Å²) < 4.78 is 0.359. The summed E-state index contributed by atoms with van der Waals surface area (Å²) in [5, 5.41) is 18.3. The van der Waals surface area contributed by atoms with Crippen LogP contribution in [0.4, 0.5) is 0 Å². The number of hydrogen-bond acceptors (Lipinski definition) is 3. The lowest BCUT2D eigenvalue weighted by molar-refractivity contribution is -0.163. The summed E-state index contributed by atoms with van der Waals surface area (Å²) in [5.74, 6) is -2.77. The molecule has 2 rings (SSSR count). The third kappa shape index (κ3) is 1.58. The third-order valence-electron chi connectivity index (χ3n) is 3.42. The van der Waals surface area contributed by atoms with E-state index in [1.807, 2.05) is 0 Å². The number of aromatic amines is 1. The monoisotopic (exact) mass is 315 g/mol. The van der Waals surface area contributed by atoms with E-state index in [0.717, 1.165) is 0 Å². The predicted molar refractivity (Wildman–Crippen MR) is 64.6 cm³/mol. The van der Waals surface area contributed by atoms with Gasteiger partial charge in [-0.25, -0.2) is 0 Å². The summed E-state index contributed by atoms with van der Waals surface area (Å²) in [6.45, 7) is 1.56. The molecule has 0 atom stereocenters. The number of H-pyrrole nitrogens is 1. The molecule has 0 bridgehead atoms. The molecule has 0 amide bonds. The van der Waals surface area contributed by atoms with Gasteiger partial charge in [-0.05, 0) is 34.0 Å². The van der Waals surface area contributed by atoms with Crippen molar-refractivity contribution in [2.24, 2.45) is 5.41 Å². The van der Waals surface area contributed by atoms with Gasteiger partial charge < -0.3 is 15.2 Å². The molecule has 0 fully saturated rings. The molecule has 0 aliphatic heterocycles. The van der Waals surface area contributed by atoms with Crippen LogP contribution in [0.1, 0.15) is 16.7 Å². The van der Waals surface area contributed by atoms with Gasteiger partial charge in [-0.15, -0.1) is 0 Å². The Balaban J connectivity index is 2.66. The van der Waals surface area contributed by atoms with Crippen molar-refractivity contribution in [2.45, 2.75) is 19.8 Å². The number of carbonyl (C=O) groups is 2. The molecular formula is C11H10BrNO5. The van der Waals surface area contributed by atoms with Crippen LogP contribution in [0.3, 0.4) is 0 Å². The lowest BCUT2D eigenvalue weighted by Gasteiger charge is -2.17. The Bertz CT molecular complexity index is 605. The zero-order valence-electron chi connectivity index (χ0n) is 9.41. The van der Waals surface area contributed by atoms with E-state index in [1.54, 1.807) is 6.92 Å². The minimum absolute atomic E-state index is 0.134. The van der Waals surface area contributed by atoms with Crippen molar-refractivity contribution < 1.29 is 19.8 Å². The molecule has 0 saturated heterocycles. The first-order chi connectivity index (χ1) is 8.29. The number of nitrogens with one attached hydrogen (secondary N) is 1. The van der Waals surface area contributed by atoms with Crippen molar-refractivity contribution in [1.29, 1.82) is 0 Å². The van der Waals surface area contributed by atoms with E-state index in [2.05, 4.69) is 20.9 Å². The lowest BCUT2D eigenvalue weighted by atomic mass is 9.85. The Labute approximate surface area is 110 Å². The number of rotatable bonds is 2. The van der Waals surface area contributed by atoms with Crippen LogP contribution in [0, 0.1) is 12.3 Å². The van der Waals surface area contributed by atoms with Crippen LogP contribution in [0.5, 0.6) is 0 Å². The molecule has 0 radical (unpaired) electrons. The molecule has 0 saturated carbocycles. The van der Waals surface area contributed by atoms with Gasteiger partial charge in [0.2, 0.25) is 0 Å². The Morgan fingerprint density at radius 2 is 1.72 bits per heavy atom. The van der Waals surface area contributed by atoms with Crippen molar-refractivity contribution in [2.75, 3.05) is 0 Å². The molecule has 7 heteroatoms. The standard InChI is InChI=1S/C11H10BrNO5/c1-4-5-2-11(9(15)16,10(17)18)3-6(5)7(12)13-8(4)14/h2-3H2,1H3,(H,13,14)(H,15,16)(H,17,18). The number of pyridine rings is 1. The summed E-state index contributed by atoms with van der Waals surface area (Å²) in [5.41, 5.74) is -0.783. The van der Waals surface area contributed by atoms with Gasteiger partial charge in [-0.3, -0.25) is 14.4 Å². The Hall–Kier alpha value is -1.63. The van der Waals surface area contributed by atoms with Gasteiger partial charge in [0.1, 0.15) is 0 Å². The van der Waals surface area contributed by atoms with E-state index in [0.29, 0.717) is 21.3 Å². The van der Waals surface area contributed by atoms with Crippen LogP contribution in [-0.2, 0) is 22.4 Å². The second-order valence-electron chi connectivity index (χ2n) is 4.40. The van der Waals surface area contributed by atoms with E-state index in [-0.39, 0.29) is 18.4 Å². The fourth-order valence-electron chi connectivity index (χ4n) is 2.25. The van der Waals surface area contributed by atoms with Crippen LogP contribution in [0.15, 0.2) is 9.40 Å². The Morgan fingerprint density at radius 1 is 1.22 bits per heavy atom. The molecule has 0 unspecified atom stereocenters. The largest absolute Gasteiger partial charge is 0.480 e. The van der Waals surface area contributed by atoms with Crippen molar-refractivity contribution in [3.8, 4) is 0 Å². The topological polar surface area (TPSA) is 107 Å². The second-order valence-corrected chi connectivity index (χ2v) is 5.19. The molecule has 0 aromatic carbocycles. The highest BCUT2D eigenvalue weighted by atomic mass is 79.9. The van der Waals surface area contributed by atoms with Gasteiger partial charge in [0.25, 0.3) is 5.56 Å². The Morgan fingerprint density at radius 3 is 2.22 bits per heavy atom. The van der Waals surface area contributed by atoms with E-state index >= 15 is 0 Å². The Kier molecular flexibility index (Phi) is 2.81. The number of fused-ring (bicyclic) bond motifs is 1. The van der Waals surface area contributed by atoms with Crippen LogP contribution < -0.4 is 5.56 Å². The quantitative estimate of drug-likeness (QED) is 0.550. The molecule has 1 aromatic rings. The van der Waals surface area contributed by atoms with Crippen molar-refractivity contribution in [3.05, 3.63) is 31.6 Å². The number of halogens is 1. The maximum atomic E-state index is 11.6. The van der Waals surface area contributed by atoms with Gasteiger partial charge in [0.15, 0.2) is 5.41 Å². The summed E-state index contributed by atoms with van der Waals surface area (Å²) in [7, 11) is 0. The zero-order valence-corrected chi connectivity index (χ0v) is 11.0. The average Bonchev–Trinajstić information content (AvgIpc) is 2.68. The molecule has 3 N–H and O–H groups in total. The summed E-state index contributed by atoms with van der Waals surface area (Å²) in [6, 6.07) is 0. The molecular weight excluding hydrogens is 306 g/mol. The highest BCUT2D eigenvalue weighted by Crippen LogP contribution is 2.40. The smallest absolute Gasteiger partial charge is 0.321 e. The molecule has 0 spiro atoms. The molecule has 96 valence electrons. The van der Waals surface area contributed by atoms with Crippen molar-refractivity contribution in [3.63, 3.8) is 0 Å². The maximum Gasteiger partial charge on any atom is 0.321 e. The summed E-state index contributed by atoms with van der Waals surface area (Å²) in [4.78, 5) is 36.6. The minimum Gasteiger partial charge on any atom is -0.480 e. The average molecular weight is 316 g/mol. The summed E-state index contributed by atoms with van der Waals surface area (Å²) in [6.07, 6.45) is -0.299. The maximum absolute atomic E-state index is 11.6. The van der Waals surface area contributed by atoms with Gasteiger partial charge in [0.05, 0.1) is 4.60 Å². The van der Waals surface area contributed by atoms with Crippen molar-refractivity contribution >= 4 is 27.9 Å². The summed E-state index contributed by atoms with van der Waals surface area (Å²) >= 11 is 3.14. The number of carboxylic acid groups (broad SMARTS) is 2. The number of hydrogen-bond donors (Lipinski definition) is 3.